The quantitative estimate of drug-likeness (QED) is 0.707. The van der Waals surface area contributed by atoms with Crippen molar-refractivity contribution in [2.75, 3.05) is 0 Å². The van der Waals surface area contributed by atoms with Crippen LogP contribution in [-0.4, -0.2) is 21.9 Å². The topological polar surface area (TPSA) is 81.4 Å². The third-order valence-electron chi connectivity index (χ3n) is 2.55. The zero-order chi connectivity index (χ0) is 12.4. The van der Waals surface area contributed by atoms with Crippen molar-refractivity contribution >= 4 is 22.5 Å². The van der Waals surface area contributed by atoms with Gasteiger partial charge in [0.15, 0.2) is 0 Å². The Kier molecular flexibility index (Phi) is 2.78. The Hall–Kier alpha value is -2.36. The first-order valence-corrected chi connectivity index (χ1v) is 5.10. The number of nitrogens with one attached hydrogen (secondary N) is 1. The molecule has 0 aromatic heterocycles. The minimum absolute atomic E-state index is 0.0358. The number of benzene rings is 2. The number of rotatable bonds is 3. The summed E-state index contributed by atoms with van der Waals surface area (Å²) >= 11 is 0. The summed E-state index contributed by atoms with van der Waals surface area (Å²) in [6.07, 6.45) is -0.325. The first kappa shape index (κ1) is 11.1. The van der Waals surface area contributed by atoms with Gasteiger partial charge in [-0.05, 0) is 17.5 Å². The van der Waals surface area contributed by atoms with Gasteiger partial charge < -0.3 is 15.6 Å². The molecule has 0 amide bonds. The third kappa shape index (κ3) is 2.10. The van der Waals surface area contributed by atoms with E-state index in [0.29, 0.717) is 16.3 Å². The molecule has 2 rings (SSSR count). The van der Waals surface area contributed by atoms with Gasteiger partial charge in [0.05, 0.1) is 12.1 Å². The second kappa shape index (κ2) is 4.25. The highest BCUT2D eigenvalue weighted by atomic mass is 16.4. The molecular formula is C13H11NO3. The third-order valence-corrected chi connectivity index (χ3v) is 2.55. The molecule has 0 fully saturated rings. The van der Waals surface area contributed by atoms with E-state index in [1.165, 1.54) is 6.07 Å². The molecule has 0 radical (unpaired) electrons. The van der Waals surface area contributed by atoms with Gasteiger partial charge in [0.2, 0.25) is 0 Å². The Morgan fingerprint density at radius 2 is 1.76 bits per heavy atom. The molecule has 0 saturated heterocycles. The number of carbonyl (C=O) groups is 1. The van der Waals surface area contributed by atoms with Crippen LogP contribution in [-0.2, 0) is 4.79 Å². The van der Waals surface area contributed by atoms with E-state index in [1.54, 1.807) is 30.3 Å². The van der Waals surface area contributed by atoms with Crippen LogP contribution in [0.1, 0.15) is 12.0 Å². The number of phenolic OH excluding ortho intramolecular Hbond substituents is 1. The van der Waals surface area contributed by atoms with E-state index in [9.17, 15) is 9.90 Å². The van der Waals surface area contributed by atoms with Gasteiger partial charge in [-0.3, -0.25) is 4.79 Å². The lowest BCUT2D eigenvalue weighted by Gasteiger charge is -2.08. The number of carboxylic acids is 1. The lowest BCUT2D eigenvalue weighted by molar-refractivity contribution is -0.135. The molecule has 2 aromatic rings. The zero-order valence-electron chi connectivity index (χ0n) is 8.97. The van der Waals surface area contributed by atoms with Crippen molar-refractivity contribution in [3.05, 3.63) is 42.0 Å². The fraction of sp³-hybridized carbons (Fsp3) is 0.0769. The predicted octanol–water partition coefficient (Wildman–Crippen LogP) is 2.39. The summed E-state index contributed by atoms with van der Waals surface area (Å²) in [6, 6.07) is 10.1. The second-order valence-electron chi connectivity index (χ2n) is 3.73. The summed E-state index contributed by atoms with van der Waals surface area (Å²) in [5.41, 5.74) is 0.578. The Morgan fingerprint density at radius 1 is 1.12 bits per heavy atom. The van der Waals surface area contributed by atoms with Gasteiger partial charge in [-0.2, -0.15) is 0 Å². The van der Waals surface area contributed by atoms with Crippen LogP contribution >= 0.6 is 0 Å². The van der Waals surface area contributed by atoms with Crippen molar-refractivity contribution in [3.8, 4) is 5.75 Å². The molecule has 0 unspecified atom stereocenters. The van der Waals surface area contributed by atoms with Crippen LogP contribution in [0, 0.1) is 5.41 Å². The van der Waals surface area contributed by atoms with Crippen molar-refractivity contribution in [1.29, 1.82) is 5.41 Å². The summed E-state index contributed by atoms with van der Waals surface area (Å²) < 4.78 is 0. The van der Waals surface area contributed by atoms with Crippen molar-refractivity contribution in [3.63, 3.8) is 0 Å². The molecule has 0 aliphatic rings. The molecule has 3 N–H and O–H groups in total. The van der Waals surface area contributed by atoms with Crippen LogP contribution < -0.4 is 0 Å². The molecule has 0 heterocycles. The summed E-state index contributed by atoms with van der Waals surface area (Å²) in [6.45, 7) is 0. The van der Waals surface area contributed by atoms with Crippen molar-refractivity contribution in [2.45, 2.75) is 6.42 Å². The van der Waals surface area contributed by atoms with Crippen LogP contribution in [0.15, 0.2) is 36.4 Å². The Morgan fingerprint density at radius 3 is 2.41 bits per heavy atom. The van der Waals surface area contributed by atoms with Crippen LogP contribution in [0.3, 0.4) is 0 Å². The Labute approximate surface area is 97.6 Å². The van der Waals surface area contributed by atoms with Gasteiger partial charge in [0.25, 0.3) is 0 Å². The molecule has 2 aromatic carbocycles. The van der Waals surface area contributed by atoms with Gasteiger partial charge in [-0.15, -0.1) is 0 Å². The van der Waals surface area contributed by atoms with Gasteiger partial charge in [0.1, 0.15) is 5.75 Å². The molecule has 0 atom stereocenters. The van der Waals surface area contributed by atoms with Crippen molar-refractivity contribution < 1.29 is 15.0 Å². The minimum Gasteiger partial charge on any atom is -0.507 e. The fourth-order valence-corrected chi connectivity index (χ4v) is 1.79. The first-order chi connectivity index (χ1) is 8.09. The molecule has 0 spiro atoms. The van der Waals surface area contributed by atoms with Crippen LogP contribution in [0.25, 0.3) is 10.8 Å². The number of hydrogen-bond donors (Lipinski definition) is 3. The monoisotopic (exact) mass is 229 g/mol. The Balaban J connectivity index is 2.59. The molecule has 17 heavy (non-hydrogen) atoms. The molecule has 4 nitrogen and oxygen atoms in total. The number of aliphatic carboxylic acids is 1. The number of hydrogen-bond acceptors (Lipinski definition) is 3. The molecule has 0 aliphatic carbocycles. The first-order valence-electron chi connectivity index (χ1n) is 5.10. The standard InChI is InChI=1S/C13H11NO3/c14-11(7-13(16)17)9-5-6-12(15)10-4-2-1-3-8(9)10/h1-6,14-15H,7H2,(H,16,17). The zero-order valence-corrected chi connectivity index (χ0v) is 8.97. The minimum atomic E-state index is -1.04. The number of phenols is 1. The fourth-order valence-electron chi connectivity index (χ4n) is 1.79. The van der Waals surface area contributed by atoms with Gasteiger partial charge in [-0.25, -0.2) is 0 Å². The van der Waals surface area contributed by atoms with Crippen LogP contribution in [0.5, 0.6) is 5.75 Å². The van der Waals surface area contributed by atoms with Crippen molar-refractivity contribution in [2.24, 2.45) is 0 Å². The largest absolute Gasteiger partial charge is 0.507 e. The Bertz CT molecular complexity index is 605. The molecule has 4 heteroatoms. The van der Waals surface area contributed by atoms with E-state index in [4.69, 9.17) is 10.5 Å². The van der Waals surface area contributed by atoms with Gasteiger partial charge >= 0.3 is 5.97 Å². The maximum atomic E-state index is 10.6. The van der Waals surface area contributed by atoms with E-state index >= 15 is 0 Å². The molecule has 0 saturated carbocycles. The maximum absolute atomic E-state index is 10.6. The maximum Gasteiger partial charge on any atom is 0.309 e. The molecule has 0 aliphatic heterocycles. The van der Waals surface area contributed by atoms with Crippen molar-refractivity contribution in [1.82, 2.24) is 0 Å². The summed E-state index contributed by atoms with van der Waals surface area (Å²) in [5, 5.41) is 27.4. The lowest BCUT2D eigenvalue weighted by Crippen LogP contribution is -2.07. The normalized spacial score (nSPS) is 10.4. The van der Waals surface area contributed by atoms with Crippen LogP contribution in [0.2, 0.25) is 0 Å². The van der Waals surface area contributed by atoms with E-state index in [0.717, 1.165) is 0 Å². The van der Waals surface area contributed by atoms with Gasteiger partial charge in [-0.1, -0.05) is 24.3 Å². The van der Waals surface area contributed by atoms with E-state index in [1.807, 2.05) is 0 Å². The summed E-state index contributed by atoms with van der Waals surface area (Å²) in [4.78, 5) is 10.6. The molecule has 0 bridgehead atoms. The van der Waals surface area contributed by atoms with Crippen LogP contribution in [0.4, 0.5) is 0 Å². The smallest absolute Gasteiger partial charge is 0.309 e. The number of fused-ring (bicyclic) bond motifs is 1. The average molecular weight is 229 g/mol. The summed E-state index contributed by atoms with van der Waals surface area (Å²) in [7, 11) is 0. The molecular weight excluding hydrogens is 218 g/mol. The lowest BCUT2D eigenvalue weighted by atomic mass is 9.99. The van der Waals surface area contributed by atoms with E-state index in [-0.39, 0.29) is 17.9 Å². The average Bonchev–Trinajstić information content (AvgIpc) is 2.29. The second-order valence-corrected chi connectivity index (χ2v) is 3.73. The predicted molar refractivity (Wildman–Crippen MR) is 64.7 cm³/mol. The highest BCUT2D eigenvalue weighted by molar-refractivity contribution is 6.15. The SMILES string of the molecule is N=C(CC(=O)O)c1ccc(O)c2ccccc12. The van der Waals surface area contributed by atoms with Gasteiger partial charge in [0, 0.05) is 10.9 Å². The summed E-state index contributed by atoms with van der Waals surface area (Å²) in [5.74, 6) is -0.903. The number of carboxylic acid groups (broad SMARTS) is 1. The molecule has 86 valence electrons. The van der Waals surface area contributed by atoms with E-state index in [2.05, 4.69) is 0 Å². The van der Waals surface area contributed by atoms with E-state index < -0.39 is 5.97 Å². The highest BCUT2D eigenvalue weighted by Crippen LogP contribution is 2.27. The highest BCUT2D eigenvalue weighted by Gasteiger charge is 2.11. The number of aromatic hydroxyl groups is 1.